The van der Waals surface area contributed by atoms with E-state index in [4.69, 9.17) is 9.47 Å². The van der Waals surface area contributed by atoms with E-state index in [-0.39, 0.29) is 36.8 Å². The number of fused-ring (bicyclic) bond motifs is 2. The second kappa shape index (κ2) is 13.2. The molecule has 0 radical (unpaired) electrons. The Bertz CT molecular complexity index is 1530. The van der Waals surface area contributed by atoms with Crippen LogP contribution in [0.2, 0.25) is 0 Å². The number of rotatable bonds is 10. The van der Waals surface area contributed by atoms with Crippen molar-refractivity contribution in [1.29, 1.82) is 0 Å². The summed E-state index contributed by atoms with van der Waals surface area (Å²) in [6, 6.07) is 13.5. The van der Waals surface area contributed by atoms with Crippen molar-refractivity contribution < 1.29 is 29.0 Å². The Balaban J connectivity index is 1.40. The van der Waals surface area contributed by atoms with Crippen LogP contribution in [-0.4, -0.2) is 90.9 Å². The third-order valence-electron chi connectivity index (χ3n) is 10.2. The van der Waals surface area contributed by atoms with Crippen molar-refractivity contribution in [2.24, 2.45) is 17.8 Å². The van der Waals surface area contributed by atoms with E-state index in [2.05, 4.69) is 18.7 Å². The molecule has 250 valence electrons. The molecule has 10 nitrogen and oxygen atoms in total. The molecule has 2 saturated heterocycles. The first-order valence-corrected chi connectivity index (χ1v) is 16.9. The number of likely N-dealkylation sites (tertiary alicyclic amines) is 1. The van der Waals surface area contributed by atoms with Gasteiger partial charge in [-0.3, -0.25) is 14.4 Å². The van der Waals surface area contributed by atoms with E-state index >= 15 is 0 Å². The van der Waals surface area contributed by atoms with Gasteiger partial charge in [-0.25, -0.2) is 0 Å². The summed E-state index contributed by atoms with van der Waals surface area (Å²) < 4.78 is 12.4. The summed E-state index contributed by atoms with van der Waals surface area (Å²) >= 11 is 0. The fourth-order valence-electron chi connectivity index (χ4n) is 7.84. The van der Waals surface area contributed by atoms with Crippen LogP contribution in [0.1, 0.15) is 34.6 Å². The number of benzene rings is 2. The van der Waals surface area contributed by atoms with Crippen LogP contribution in [0.3, 0.4) is 0 Å². The lowest BCUT2D eigenvalue weighted by Crippen LogP contribution is -2.59. The average molecular weight is 643 g/mol. The first-order chi connectivity index (χ1) is 22.7. The van der Waals surface area contributed by atoms with Crippen molar-refractivity contribution in [2.75, 3.05) is 54.1 Å². The zero-order valence-electron chi connectivity index (χ0n) is 27.9. The normalized spacial score (nSPS) is 27.5. The van der Waals surface area contributed by atoms with Gasteiger partial charge in [0.2, 0.25) is 11.8 Å². The highest BCUT2D eigenvalue weighted by molar-refractivity contribution is 6.07. The minimum atomic E-state index is -1.39. The van der Waals surface area contributed by atoms with Gasteiger partial charge in [0.25, 0.3) is 5.91 Å². The smallest absolute Gasteiger partial charge is 0.253 e. The van der Waals surface area contributed by atoms with Gasteiger partial charge in [-0.15, -0.1) is 0 Å². The van der Waals surface area contributed by atoms with E-state index in [1.165, 1.54) is 4.90 Å². The standard InChI is InChI=1S/C37H46N4O6/c1-6-38(7-2)25-12-14-26(15-13-25)40-22-10-20-37-32(35(44)41(33(37)36(40)45)29(23-42)24(4)5)31-30(47-37)11-9-21-39(34(31)43)27-16-18-28(19-17-27)46-8-3/h9-20,24,29-33,42H,6-8,21-23H2,1-5H3/t29-,30-,31+,32-,33?,37-/m0/s1. The molecule has 4 aliphatic rings. The van der Waals surface area contributed by atoms with Gasteiger partial charge in [0.1, 0.15) is 17.4 Å². The molecule has 2 aromatic rings. The molecule has 1 spiro atoms. The van der Waals surface area contributed by atoms with Crippen LogP contribution < -0.4 is 19.4 Å². The third-order valence-corrected chi connectivity index (χ3v) is 10.2. The molecule has 1 N–H and O–H groups in total. The van der Waals surface area contributed by atoms with Crippen LogP contribution in [0.25, 0.3) is 0 Å². The predicted octanol–water partition coefficient (Wildman–Crippen LogP) is 4.04. The second-order valence-electron chi connectivity index (χ2n) is 12.9. The first-order valence-electron chi connectivity index (χ1n) is 16.9. The summed E-state index contributed by atoms with van der Waals surface area (Å²) in [6.45, 7) is 12.5. The Morgan fingerprint density at radius 2 is 1.51 bits per heavy atom. The minimum Gasteiger partial charge on any atom is -0.494 e. The molecular weight excluding hydrogens is 596 g/mol. The third kappa shape index (κ3) is 5.41. The fraction of sp³-hybridized carbons (Fsp3) is 0.486. The lowest BCUT2D eigenvalue weighted by molar-refractivity contribution is -0.145. The quantitative estimate of drug-likeness (QED) is 0.391. The number of aliphatic hydroxyl groups excluding tert-OH is 1. The molecule has 0 saturated carbocycles. The summed E-state index contributed by atoms with van der Waals surface area (Å²) in [5.41, 5.74) is 1.07. The summed E-state index contributed by atoms with van der Waals surface area (Å²) in [5.74, 6) is -2.13. The number of nitrogens with zero attached hydrogens (tertiary/aromatic N) is 4. The highest BCUT2D eigenvalue weighted by Crippen LogP contribution is 2.54. The Hall–Kier alpha value is -4.15. The van der Waals surface area contributed by atoms with Gasteiger partial charge in [0.05, 0.1) is 37.2 Å². The van der Waals surface area contributed by atoms with Gasteiger partial charge in [-0.2, -0.15) is 0 Å². The van der Waals surface area contributed by atoms with E-state index in [1.807, 2.05) is 93.6 Å². The van der Waals surface area contributed by atoms with Crippen molar-refractivity contribution in [2.45, 2.75) is 58.4 Å². The van der Waals surface area contributed by atoms with Gasteiger partial charge in [-0.1, -0.05) is 38.2 Å². The molecule has 2 aromatic carbocycles. The molecule has 0 bridgehead atoms. The molecule has 4 aliphatic heterocycles. The second-order valence-corrected chi connectivity index (χ2v) is 12.9. The maximum atomic E-state index is 14.8. The largest absolute Gasteiger partial charge is 0.494 e. The Morgan fingerprint density at radius 1 is 0.894 bits per heavy atom. The van der Waals surface area contributed by atoms with Crippen molar-refractivity contribution in [3.05, 3.63) is 72.8 Å². The molecule has 4 heterocycles. The highest BCUT2D eigenvalue weighted by atomic mass is 16.5. The Kier molecular flexibility index (Phi) is 9.18. The van der Waals surface area contributed by atoms with E-state index in [0.29, 0.717) is 30.3 Å². The molecule has 10 heteroatoms. The Labute approximate surface area is 277 Å². The SMILES string of the molecule is CCOc1ccc(N2CC=C[C@@H]3O[C@]45C=CCN(c6ccc(N(CC)CC)cc6)C(=O)C4N([C@@H](CO)C(C)C)C(=O)[C@@H]5[C@@H]3C2=O)cc1. The van der Waals surface area contributed by atoms with Crippen LogP contribution in [0.15, 0.2) is 72.8 Å². The van der Waals surface area contributed by atoms with Crippen molar-refractivity contribution >= 4 is 34.8 Å². The summed E-state index contributed by atoms with van der Waals surface area (Å²) in [7, 11) is 0. The van der Waals surface area contributed by atoms with Crippen LogP contribution in [0.5, 0.6) is 5.75 Å². The lowest BCUT2D eigenvalue weighted by Gasteiger charge is -2.39. The number of amides is 3. The topological polar surface area (TPSA) is 103 Å². The average Bonchev–Trinajstić information content (AvgIpc) is 3.38. The van der Waals surface area contributed by atoms with E-state index in [9.17, 15) is 19.5 Å². The molecule has 0 aromatic heterocycles. The molecule has 47 heavy (non-hydrogen) atoms. The summed E-state index contributed by atoms with van der Waals surface area (Å²) in [5, 5.41) is 10.6. The predicted molar refractivity (Wildman–Crippen MR) is 182 cm³/mol. The van der Waals surface area contributed by atoms with E-state index in [1.54, 1.807) is 9.80 Å². The molecular formula is C37H46N4O6. The van der Waals surface area contributed by atoms with Crippen molar-refractivity contribution in [3.8, 4) is 5.75 Å². The molecule has 0 aliphatic carbocycles. The molecule has 3 amide bonds. The Morgan fingerprint density at radius 3 is 2.11 bits per heavy atom. The number of hydrogen-bond donors (Lipinski definition) is 1. The fourth-order valence-corrected chi connectivity index (χ4v) is 7.84. The zero-order valence-corrected chi connectivity index (χ0v) is 27.9. The molecule has 2 fully saturated rings. The van der Waals surface area contributed by atoms with Gasteiger partial charge in [0.15, 0.2) is 0 Å². The summed E-state index contributed by atoms with van der Waals surface area (Å²) in [4.78, 5) is 51.2. The van der Waals surface area contributed by atoms with Crippen molar-refractivity contribution in [1.82, 2.24) is 4.90 Å². The van der Waals surface area contributed by atoms with Gasteiger partial charge >= 0.3 is 0 Å². The number of hydrogen-bond acceptors (Lipinski definition) is 7. The minimum absolute atomic E-state index is 0.150. The number of ether oxygens (including phenoxy) is 2. The molecule has 6 rings (SSSR count). The monoisotopic (exact) mass is 642 g/mol. The molecule has 1 unspecified atom stereocenters. The number of aliphatic hydroxyl groups is 1. The van der Waals surface area contributed by atoms with E-state index in [0.717, 1.165) is 18.8 Å². The van der Waals surface area contributed by atoms with Crippen LogP contribution in [-0.2, 0) is 19.1 Å². The summed E-state index contributed by atoms with van der Waals surface area (Å²) in [6.07, 6.45) is 6.78. The maximum Gasteiger partial charge on any atom is 0.253 e. The van der Waals surface area contributed by atoms with Crippen LogP contribution in [0.4, 0.5) is 17.1 Å². The maximum absolute atomic E-state index is 14.8. The number of carbonyl (C=O) groups is 3. The lowest BCUT2D eigenvalue weighted by atomic mass is 9.77. The highest BCUT2D eigenvalue weighted by Gasteiger charge is 2.72. The van der Waals surface area contributed by atoms with Crippen LogP contribution >= 0.6 is 0 Å². The van der Waals surface area contributed by atoms with E-state index < -0.39 is 35.6 Å². The zero-order chi connectivity index (χ0) is 33.5. The van der Waals surface area contributed by atoms with Gasteiger partial charge < -0.3 is 34.2 Å². The molecule has 6 atom stereocenters. The number of anilines is 3. The van der Waals surface area contributed by atoms with Crippen LogP contribution in [0, 0.1) is 17.8 Å². The number of carbonyl (C=O) groups excluding carboxylic acids is 3. The van der Waals surface area contributed by atoms with Gasteiger partial charge in [-0.05, 0) is 75.2 Å². The first kappa shape index (κ1) is 32.8. The van der Waals surface area contributed by atoms with Gasteiger partial charge in [0, 0.05) is 43.2 Å². The van der Waals surface area contributed by atoms with Crippen molar-refractivity contribution in [3.63, 3.8) is 0 Å².